The van der Waals surface area contributed by atoms with Gasteiger partial charge in [0.15, 0.2) is 5.82 Å². The second-order valence-corrected chi connectivity index (χ2v) is 4.61. The summed E-state index contributed by atoms with van der Waals surface area (Å²) < 4.78 is 7.90. The maximum Gasteiger partial charge on any atom is 0.182 e. The lowest BCUT2D eigenvalue weighted by atomic mass is 10.2. The molecule has 1 aromatic carbocycles. The van der Waals surface area contributed by atoms with Crippen LogP contribution in [-0.4, -0.2) is 33.4 Å². The average molecular weight is 312 g/mol. The first-order valence-corrected chi connectivity index (χ1v) is 6.40. The molecule has 18 heavy (non-hydrogen) atoms. The maximum atomic E-state index is 5.80. The first-order chi connectivity index (χ1) is 8.70. The van der Waals surface area contributed by atoms with E-state index in [0.29, 0.717) is 31.3 Å². The van der Waals surface area contributed by atoms with Crippen molar-refractivity contribution in [3.8, 4) is 11.4 Å². The van der Waals surface area contributed by atoms with Crippen LogP contribution in [-0.2, 0) is 11.3 Å². The van der Waals surface area contributed by atoms with E-state index in [4.69, 9.17) is 10.5 Å². The highest BCUT2D eigenvalue weighted by Gasteiger charge is 2.09. The lowest BCUT2D eigenvalue weighted by Crippen LogP contribution is -2.09. The SMILES string of the molecule is CCOCCn1nnnc1-c1cc(N)cc(Br)c1. The molecule has 96 valence electrons. The Morgan fingerprint density at radius 3 is 2.94 bits per heavy atom. The molecule has 2 rings (SSSR count). The Kier molecular flexibility index (Phi) is 4.27. The normalized spacial score (nSPS) is 10.8. The van der Waals surface area contributed by atoms with E-state index in [1.807, 2.05) is 25.1 Å². The molecule has 0 aliphatic carbocycles. The smallest absolute Gasteiger partial charge is 0.182 e. The third-order valence-corrected chi connectivity index (χ3v) is 2.82. The van der Waals surface area contributed by atoms with Gasteiger partial charge in [-0.25, -0.2) is 4.68 Å². The van der Waals surface area contributed by atoms with E-state index in [2.05, 4.69) is 31.5 Å². The summed E-state index contributed by atoms with van der Waals surface area (Å²) in [6.07, 6.45) is 0. The lowest BCUT2D eigenvalue weighted by Gasteiger charge is -2.06. The zero-order valence-corrected chi connectivity index (χ0v) is 11.6. The first kappa shape index (κ1) is 13.0. The van der Waals surface area contributed by atoms with Gasteiger partial charge in [-0.15, -0.1) is 5.10 Å². The second-order valence-electron chi connectivity index (χ2n) is 3.70. The molecular weight excluding hydrogens is 298 g/mol. The molecule has 0 aliphatic rings. The van der Waals surface area contributed by atoms with Gasteiger partial charge in [-0.1, -0.05) is 15.9 Å². The third-order valence-electron chi connectivity index (χ3n) is 2.36. The molecule has 0 amide bonds. The van der Waals surface area contributed by atoms with E-state index in [1.165, 1.54) is 0 Å². The fourth-order valence-corrected chi connectivity index (χ4v) is 2.11. The van der Waals surface area contributed by atoms with Gasteiger partial charge in [-0.3, -0.25) is 0 Å². The molecular formula is C11H14BrN5O. The van der Waals surface area contributed by atoms with E-state index < -0.39 is 0 Å². The van der Waals surface area contributed by atoms with Crippen molar-refractivity contribution in [3.63, 3.8) is 0 Å². The molecule has 1 aromatic heterocycles. The monoisotopic (exact) mass is 311 g/mol. The van der Waals surface area contributed by atoms with Gasteiger partial charge in [0.05, 0.1) is 13.2 Å². The molecule has 0 spiro atoms. The van der Waals surface area contributed by atoms with Gasteiger partial charge in [0.2, 0.25) is 0 Å². The Hall–Kier alpha value is -1.47. The Bertz CT molecular complexity index is 508. The fourth-order valence-electron chi connectivity index (χ4n) is 1.60. The fraction of sp³-hybridized carbons (Fsp3) is 0.364. The molecule has 0 saturated carbocycles. The molecule has 0 bridgehead atoms. The van der Waals surface area contributed by atoms with Gasteiger partial charge in [0, 0.05) is 22.3 Å². The minimum absolute atomic E-state index is 0.581. The predicted molar refractivity (Wildman–Crippen MR) is 71.9 cm³/mol. The number of nitrogen functional groups attached to an aromatic ring is 1. The maximum absolute atomic E-state index is 5.80. The summed E-state index contributed by atoms with van der Waals surface area (Å²) in [5.41, 5.74) is 7.35. The van der Waals surface area contributed by atoms with Gasteiger partial charge in [0.25, 0.3) is 0 Å². The van der Waals surface area contributed by atoms with Gasteiger partial charge < -0.3 is 10.5 Å². The number of tetrazole rings is 1. The molecule has 1 heterocycles. The highest BCUT2D eigenvalue weighted by atomic mass is 79.9. The molecule has 2 aromatic rings. The number of nitrogens with two attached hydrogens (primary N) is 1. The summed E-state index contributed by atoms with van der Waals surface area (Å²) in [6.45, 7) is 3.83. The van der Waals surface area contributed by atoms with Crippen LogP contribution in [0.4, 0.5) is 5.69 Å². The number of aromatic nitrogens is 4. The Balaban J connectivity index is 2.24. The summed E-state index contributed by atoms with van der Waals surface area (Å²) >= 11 is 3.40. The molecule has 0 radical (unpaired) electrons. The summed E-state index contributed by atoms with van der Waals surface area (Å²) in [7, 11) is 0. The molecule has 2 N–H and O–H groups in total. The lowest BCUT2D eigenvalue weighted by molar-refractivity contribution is 0.136. The highest BCUT2D eigenvalue weighted by Crippen LogP contribution is 2.24. The van der Waals surface area contributed by atoms with Crippen LogP contribution in [0, 0.1) is 0 Å². The zero-order chi connectivity index (χ0) is 13.0. The number of ether oxygens (including phenoxy) is 1. The average Bonchev–Trinajstić information content (AvgIpc) is 2.76. The van der Waals surface area contributed by atoms with E-state index in [0.717, 1.165) is 10.0 Å². The molecule has 0 saturated heterocycles. The van der Waals surface area contributed by atoms with Crippen molar-refractivity contribution in [2.45, 2.75) is 13.5 Å². The summed E-state index contributed by atoms with van der Waals surface area (Å²) in [6, 6.07) is 5.60. The largest absolute Gasteiger partial charge is 0.399 e. The van der Waals surface area contributed by atoms with E-state index in [9.17, 15) is 0 Å². The van der Waals surface area contributed by atoms with Crippen molar-refractivity contribution in [1.29, 1.82) is 0 Å². The number of benzene rings is 1. The Morgan fingerprint density at radius 1 is 1.39 bits per heavy atom. The van der Waals surface area contributed by atoms with Crippen molar-refractivity contribution in [2.24, 2.45) is 0 Å². The number of halogens is 1. The highest BCUT2D eigenvalue weighted by molar-refractivity contribution is 9.10. The van der Waals surface area contributed by atoms with Gasteiger partial charge in [-0.2, -0.15) is 0 Å². The summed E-state index contributed by atoms with van der Waals surface area (Å²) in [5, 5.41) is 11.6. The van der Waals surface area contributed by atoms with Crippen LogP contribution in [0.1, 0.15) is 6.92 Å². The number of nitrogens with zero attached hydrogens (tertiary/aromatic N) is 4. The van der Waals surface area contributed by atoms with Crippen molar-refractivity contribution in [1.82, 2.24) is 20.2 Å². The van der Waals surface area contributed by atoms with Crippen LogP contribution in [0.5, 0.6) is 0 Å². The number of anilines is 1. The van der Waals surface area contributed by atoms with E-state index in [1.54, 1.807) is 4.68 Å². The molecule has 0 unspecified atom stereocenters. The van der Waals surface area contributed by atoms with Gasteiger partial charge >= 0.3 is 0 Å². The van der Waals surface area contributed by atoms with Crippen molar-refractivity contribution in [3.05, 3.63) is 22.7 Å². The Morgan fingerprint density at radius 2 is 2.22 bits per heavy atom. The van der Waals surface area contributed by atoms with E-state index >= 15 is 0 Å². The number of rotatable bonds is 5. The number of hydrogen-bond donors (Lipinski definition) is 1. The van der Waals surface area contributed by atoms with Crippen LogP contribution in [0.2, 0.25) is 0 Å². The molecule has 0 fully saturated rings. The molecule has 7 heteroatoms. The summed E-state index contributed by atoms with van der Waals surface area (Å²) in [4.78, 5) is 0. The van der Waals surface area contributed by atoms with Crippen molar-refractivity contribution >= 4 is 21.6 Å². The van der Waals surface area contributed by atoms with E-state index in [-0.39, 0.29) is 0 Å². The molecule has 6 nitrogen and oxygen atoms in total. The quantitative estimate of drug-likeness (QED) is 0.672. The predicted octanol–water partition coefficient (Wildman–Crippen LogP) is 1.72. The first-order valence-electron chi connectivity index (χ1n) is 5.61. The van der Waals surface area contributed by atoms with Crippen LogP contribution < -0.4 is 5.73 Å². The van der Waals surface area contributed by atoms with Crippen molar-refractivity contribution in [2.75, 3.05) is 18.9 Å². The standard InChI is InChI=1S/C11H14BrN5O/c1-2-18-4-3-17-11(14-15-16-17)8-5-9(12)7-10(13)6-8/h5-7H,2-4,13H2,1H3. The minimum atomic E-state index is 0.581. The van der Waals surface area contributed by atoms with Crippen LogP contribution >= 0.6 is 15.9 Å². The minimum Gasteiger partial charge on any atom is -0.399 e. The molecule has 0 atom stereocenters. The van der Waals surface area contributed by atoms with Gasteiger partial charge in [0.1, 0.15) is 0 Å². The van der Waals surface area contributed by atoms with Crippen LogP contribution in [0.25, 0.3) is 11.4 Å². The molecule has 0 aliphatic heterocycles. The Labute approximate surface area is 113 Å². The van der Waals surface area contributed by atoms with Crippen LogP contribution in [0.3, 0.4) is 0 Å². The second kappa shape index (κ2) is 5.92. The van der Waals surface area contributed by atoms with Crippen molar-refractivity contribution < 1.29 is 4.74 Å². The zero-order valence-electron chi connectivity index (χ0n) is 10.0. The number of hydrogen-bond acceptors (Lipinski definition) is 5. The summed E-state index contributed by atoms with van der Waals surface area (Å²) in [5.74, 6) is 0.683. The topological polar surface area (TPSA) is 78.8 Å². The van der Waals surface area contributed by atoms with Crippen LogP contribution in [0.15, 0.2) is 22.7 Å². The third kappa shape index (κ3) is 3.05. The van der Waals surface area contributed by atoms with Gasteiger partial charge in [-0.05, 0) is 35.5 Å².